The molecule has 5 heteroatoms. The number of nitriles is 1. The van der Waals surface area contributed by atoms with Crippen molar-refractivity contribution in [1.82, 2.24) is 4.90 Å². The summed E-state index contributed by atoms with van der Waals surface area (Å²) >= 11 is 11.8. The first kappa shape index (κ1) is 13.2. The summed E-state index contributed by atoms with van der Waals surface area (Å²) < 4.78 is 0. The molecule has 0 radical (unpaired) electrons. The number of benzene rings is 1. The Labute approximate surface area is 116 Å². The highest BCUT2D eigenvalue weighted by atomic mass is 35.5. The van der Waals surface area contributed by atoms with Gasteiger partial charge in [-0.05, 0) is 31.0 Å². The molecule has 0 aliphatic heterocycles. The van der Waals surface area contributed by atoms with Crippen molar-refractivity contribution in [2.24, 2.45) is 0 Å². The van der Waals surface area contributed by atoms with Crippen LogP contribution in [0.15, 0.2) is 18.2 Å². The van der Waals surface area contributed by atoms with E-state index < -0.39 is 0 Å². The van der Waals surface area contributed by atoms with Crippen LogP contribution in [0.25, 0.3) is 0 Å². The minimum atomic E-state index is -0.0999. The molecular formula is C13H12Cl2N2O. The molecular weight excluding hydrogens is 271 g/mol. The van der Waals surface area contributed by atoms with Crippen molar-refractivity contribution >= 4 is 29.1 Å². The maximum atomic E-state index is 12.3. The second kappa shape index (κ2) is 5.60. The van der Waals surface area contributed by atoms with Crippen molar-refractivity contribution in [3.63, 3.8) is 0 Å². The fraction of sp³-hybridized carbons (Fsp3) is 0.385. The Hall–Kier alpha value is -1.24. The Kier molecular flexibility index (Phi) is 4.11. The molecule has 0 heterocycles. The minimum Gasteiger partial charge on any atom is -0.335 e. The summed E-state index contributed by atoms with van der Waals surface area (Å²) in [6.07, 6.45) is 2.35. The molecule has 1 amide bonds. The van der Waals surface area contributed by atoms with Gasteiger partial charge in [-0.1, -0.05) is 23.2 Å². The number of halogens is 2. The molecule has 0 unspecified atom stereocenters. The normalized spacial score (nSPS) is 14.1. The summed E-state index contributed by atoms with van der Waals surface area (Å²) in [5.74, 6) is -0.0999. The molecule has 0 saturated heterocycles. The highest BCUT2D eigenvalue weighted by Crippen LogP contribution is 2.29. The van der Waals surface area contributed by atoms with E-state index in [1.807, 2.05) is 0 Å². The molecule has 94 valence electrons. The number of nitrogens with zero attached hydrogens (tertiary/aromatic N) is 2. The van der Waals surface area contributed by atoms with Gasteiger partial charge >= 0.3 is 0 Å². The average molecular weight is 283 g/mol. The largest absolute Gasteiger partial charge is 0.335 e. The molecule has 0 bridgehead atoms. The number of rotatable bonds is 4. The highest BCUT2D eigenvalue weighted by Gasteiger charge is 2.32. The molecule has 1 saturated carbocycles. The molecule has 1 aliphatic rings. The molecule has 0 atom stereocenters. The molecule has 1 fully saturated rings. The minimum absolute atomic E-state index is 0.0999. The van der Waals surface area contributed by atoms with Gasteiger partial charge < -0.3 is 4.90 Å². The second-order valence-electron chi connectivity index (χ2n) is 4.30. The third kappa shape index (κ3) is 3.16. The van der Waals surface area contributed by atoms with E-state index in [1.165, 1.54) is 0 Å². The van der Waals surface area contributed by atoms with Crippen LogP contribution >= 0.6 is 23.2 Å². The second-order valence-corrected chi connectivity index (χ2v) is 5.17. The van der Waals surface area contributed by atoms with E-state index in [4.69, 9.17) is 28.5 Å². The lowest BCUT2D eigenvalue weighted by molar-refractivity contribution is 0.0747. The summed E-state index contributed by atoms with van der Waals surface area (Å²) in [7, 11) is 0. The van der Waals surface area contributed by atoms with E-state index in [9.17, 15) is 4.79 Å². The van der Waals surface area contributed by atoms with E-state index >= 15 is 0 Å². The fourth-order valence-electron chi connectivity index (χ4n) is 1.85. The SMILES string of the molecule is N#CCCN(C(=O)c1cc(Cl)cc(Cl)c1)C1CC1. The first-order chi connectivity index (χ1) is 8.61. The van der Waals surface area contributed by atoms with Crippen LogP contribution in [0, 0.1) is 11.3 Å². The fourth-order valence-corrected chi connectivity index (χ4v) is 2.38. The van der Waals surface area contributed by atoms with Crippen molar-refractivity contribution < 1.29 is 4.79 Å². The van der Waals surface area contributed by atoms with Gasteiger partial charge in [-0.25, -0.2) is 0 Å². The summed E-state index contributed by atoms with van der Waals surface area (Å²) in [6.45, 7) is 0.462. The smallest absolute Gasteiger partial charge is 0.254 e. The summed E-state index contributed by atoms with van der Waals surface area (Å²) in [4.78, 5) is 14.1. The van der Waals surface area contributed by atoms with Crippen LogP contribution in [0.1, 0.15) is 29.6 Å². The molecule has 1 aromatic carbocycles. The Morgan fingerprint density at radius 1 is 1.33 bits per heavy atom. The van der Waals surface area contributed by atoms with E-state index in [0.29, 0.717) is 28.6 Å². The summed E-state index contributed by atoms with van der Waals surface area (Å²) in [5, 5.41) is 9.52. The standard InChI is InChI=1S/C13H12Cl2N2O/c14-10-6-9(7-11(15)8-10)13(18)17(5-1-4-16)12-2-3-12/h6-8,12H,1-3,5H2. The molecule has 1 aliphatic carbocycles. The Bertz CT molecular complexity index is 486. The molecule has 0 aromatic heterocycles. The van der Waals surface area contributed by atoms with Crippen LogP contribution in [0.4, 0.5) is 0 Å². The Balaban J connectivity index is 2.19. The number of amides is 1. The first-order valence-electron chi connectivity index (χ1n) is 5.76. The van der Waals surface area contributed by atoms with Gasteiger partial charge in [0.2, 0.25) is 0 Å². The van der Waals surface area contributed by atoms with Crippen LogP contribution in [-0.4, -0.2) is 23.4 Å². The number of hydrogen-bond acceptors (Lipinski definition) is 2. The zero-order valence-electron chi connectivity index (χ0n) is 9.70. The zero-order chi connectivity index (χ0) is 13.1. The highest BCUT2D eigenvalue weighted by molar-refractivity contribution is 6.35. The van der Waals surface area contributed by atoms with Crippen molar-refractivity contribution in [2.75, 3.05) is 6.54 Å². The van der Waals surface area contributed by atoms with Crippen molar-refractivity contribution in [2.45, 2.75) is 25.3 Å². The molecule has 0 spiro atoms. The van der Waals surface area contributed by atoms with Gasteiger partial charge in [-0.3, -0.25) is 4.79 Å². The summed E-state index contributed by atoms with van der Waals surface area (Å²) in [5.41, 5.74) is 0.484. The third-order valence-corrected chi connectivity index (χ3v) is 3.26. The van der Waals surface area contributed by atoms with Gasteiger partial charge in [-0.15, -0.1) is 0 Å². The molecule has 1 aromatic rings. The zero-order valence-corrected chi connectivity index (χ0v) is 11.2. The monoisotopic (exact) mass is 282 g/mol. The molecule has 3 nitrogen and oxygen atoms in total. The maximum Gasteiger partial charge on any atom is 0.254 e. The lowest BCUT2D eigenvalue weighted by Crippen LogP contribution is -2.33. The quantitative estimate of drug-likeness (QED) is 0.848. The van der Waals surface area contributed by atoms with Crippen LogP contribution in [-0.2, 0) is 0 Å². The number of hydrogen-bond donors (Lipinski definition) is 0. The van der Waals surface area contributed by atoms with Crippen molar-refractivity contribution in [1.29, 1.82) is 5.26 Å². The van der Waals surface area contributed by atoms with Crippen molar-refractivity contribution in [3.05, 3.63) is 33.8 Å². The lowest BCUT2D eigenvalue weighted by Gasteiger charge is -2.21. The van der Waals surface area contributed by atoms with E-state index in [2.05, 4.69) is 6.07 Å². The van der Waals surface area contributed by atoms with Crippen LogP contribution < -0.4 is 0 Å². The van der Waals surface area contributed by atoms with Gasteiger partial charge in [0.1, 0.15) is 0 Å². The lowest BCUT2D eigenvalue weighted by atomic mass is 10.2. The molecule has 2 rings (SSSR count). The van der Waals surface area contributed by atoms with Gasteiger partial charge in [0.25, 0.3) is 5.91 Å². The van der Waals surface area contributed by atoms with E-state index in [0.717, 1.165) is 12.8 Å². The van der Waals surface area contributed by atoms with Gasteiger partial charge in [0.15, 0.2) is 0 Å². The topological polar surface area (TPSA) is 44.1 Å². The Morgan fingerprint density at radius 3 is 2.44 bits per heavy atom. The van der Waals surface area contributed by atoms with Crippen molar-refractivity contribution in [3.8, 4) is 6.07 Å². The summed E-state index contributed by atoms with van der Waals surface area (Å²) in [6, 6.07) is 7.14. The first-order valence-corrected chi connectivity index (χ1v) is 6.51. The van der Waals surface area contributed by atoms with Crippen LogP contribution in [0.3, 0.4) is 0 Å². The maximum absolute atomic E-state index is 12.3. The third-order valence-electron chi connectivity index (χ3n) is 2.82. The predicted octanol–water partition coefficient (Wildman–Crippen LogP) is 3.51. The molecule has 0 N–H and O–H groups in total. The number of carbonyl (C=O) groups is 1. The average Bonchev–Trinajstić information content (AvgIpc) is 3.12. The molecule has 18 heavy (non-hydrogen) atoms. The van der Waals surface area contributed by atoms with Gasteiger partial charge in [0, 0.05) is 28.2 Å². The van der Waals surface area contributed by atoms with Gasteiger partial charge in [0.05, 0.1) is 12.5 Å². The van der Waals surface area contributed by atoms with Gasteiger partial charge in [-0.2, -0.15) is 5.26 Å². The number of carbonyl (C=O) groups excluding carboxylic acids is 1. The van der Waals surface area contributed by atoms with E-state index in [1.54, 1.807) is 23.1 Å². The van der Waals surface area contributed by atoms with E-state index in [-0.39, 0.29) is 11.9 Å². The predicted molar refractivity (Wildman–Crippen MR) is 70.8 cm³/mol. The van der Waals surface area contributed by atoms with Crippen LogP contribution in [0.2, 0.25) is 10.0 Å². The van der Waals surface area contributed by atoms with Crippen LogP contribution in [0.5, 0.6) is 0 Å². The Morgan fingerprint density at radius 2 is 1.94 bits per heavy atom.